The number of fused-ring (bicyclic) bond motifs is 1. The molecule has 2 aromatic carbocycles. The third-order valence-corrected chi connectivity index (χ3v) is 6.03. The van der Waals surface area contributed by atoms with Gasteiger partial charge in [-0.25, -0.2) is 13.1 Å². The highest BCUT2D eigenvalue weighted by Gasteiger charge is 2.18. The zero-order valence-corrected chi connectivity index (χ0v) is 18.3. The number of halogens is 1. The maximum atomic E-state index is 11.7. The normalized spacial score (nSPS) is 11.7. The lowest BCUT2D eigenvalue weighted by atomic mass is 9.97. The van der Waals surface area contributed by atoms with Gasteiger partial charge in [-0.05, 0) is 48.5 Å². The Morgan fingerprint density at radius 3 is 2.55 bits per heavy atom. The molecule has 4 rings (SSSR count). The van der Waals surface area contributed by atoms with Gasteiger partial charge in [0, 0.05) is 36.1 Å². The van der Waals surface area contributed by atoms with Crippen molar-refractivity contribution in [3.8, 4) is 22.8 Å². The molecule has 2 radical (unpaired) electrons. The lowest BCUT2D eigenvalue weighted by Crippen LogP contribution is -2.09. The number of sulfone groups is 1. The summed E-state index contributed by atoms with van der Waals surface area (Å²) in [7, 11) is 4.40. The van der Waals surface area contributed by atoms with Crippen molar-refractivity contribution in [2.24, 2.45) is 0 Å². The molecule has 156 valence electrons. The van der Waals surface area contributed by atoms with Gasteiger partial charge in [-0.15, -0.1) is 0 Å². The molecule has 0 aliphatic carbocycles. The van der Waals surface area contributed by atoms with Gasteiger partial charge in [0.1, 0.15) is 25.8 Å². The Labute approximate surface area is 185 Å². The van der Waals surface area contributed by atoms with Crippen LogP contribution in [0.25, 0.3) is 22.2 Å². The Bertz CT molecular complexity index is 1370. The number of hydrogen-bond acceptors (Lipinski definition) is 6. The molecule has 0 atom stereocenters. The quantitative estimate of drug-likeness (QED) is 0.416. The van der Waals surface area contributed by atoms with Crippen LogP contribution in [-0.4, -0.2) is 44.4 Å². The van der Waals surface area contributed by atoms with E-state index >= 15 is 0 Å². The van der Waals surface area contributed by atoms with Crippen LogP contribution < -0.4 is 10.3 Å². The third kappa shape index (κ3) is 4.30. The van der Waals surface area contributed by atoms with Crippen LogP contribution in [0.1, 0.15) is 0 Å². The van der Waals surface area contributed by atoms with E-state index < -0.39 is 9.84 Å². The van der Waals surface area contributed by atoms with E-state index in [0.717, 1.165) is 6.26 Å². The predicted octanol–water partition coefficient (Wildman–Crippen LogP) is 3.35. The molecule has 0 aliphatic heterocycles. The molecular weight excluding hydrogens is 437 g/mol. The van der Waals surface area contributed by atoms with Gasteiger partial charge in [-0.1, -0.05) is 11.6 Å². The molecule has 10 heteroatoms. The number of ether oxygens (including phenoxy) is 2. The van der Waals surface area contributed by atoms with Crippen LogP contribution in [-0.2, 0) is 21.3 Å². The molecule has 0 bridgehead atoms. The average Bonchev–Trinajstić information content (AvgIpc) is 3.04. The first-order valence-electron chi connectivity index (χ1n) is 9.16. The van der Waals surface area contributed by atoms with E-state index in [0.29, 0.717) is 44.3 Å². The largest absolute Gasteiger partial charge is 0.455 e. The summed E-state index contributed by atoms with van der Waals surface area (Å²) in [4.78, 5) is 4.57. The minimum absolute atomic E-state index is 0.167. The van der Waals surface area contributed by atoms with Gasteiger partial charge in [0.05, 0.1) is 15.6 Å². The summed E-state index contributed by atoms with van der Waals surface area (Å²) in [5.74, 6) is 0.893. The summed E-state index contributed by atoms with van der Waals surface area (Å²) in [6, 6.07) is 13.3. The van der Waals surface area contributed by atoms with Crippen molar-refractivity contribution in [3.05, 3.63) is 59.8 Å². The minimum Gasteiger partial charge on any atom is -0.455 e. The Hall–Kier alpha value is -2.88. The van der Waals surface area contributed by atoms with Crippen molar-refractivity contribution < 1.29 is 17.9 Å². The van der Waals surface area contributed by atoms with E-state index in [1.165, 1.54) is 12.1 Å². The fraction of sp³-hybridized carbons (Fsp3) is 0.143. The van der Waals surface area contributed by atoms with Crippen molar-refractivity contribution in [1.29, 1.82) is 0 Å². The van der Waals surface area contributed by atoms with Gasteiger partial charge in [0.15, 0.2) is 15.6 Å². The third-order valence-electron chi connectivity index (χ3n) is 4.60. The van der Waals surface area contributed by atoms with Crippen molar-refractivity contribution in [3.63, 3.8) is 0 Å². The Morgan fingerprint density at radius 1 is 1.16 bits per heavy atom. The van der Waals surface area contributed by atoms with Gasteiger partial charge in [0.2, 0.25) is 0 Å². The molecule has 7 nitrogen and oxygen atoms in total. The zero-order chi connectivity index (χ0) is 22.2. The van der Waals surface area contributed by atoms with Crippen molar-refractivity contribution >= 4 is 45.8 Å². The maximum absolute atomic E-state index is 11.7. The van der Waals surface area contributed by atoms with Gasteiger partial charge >= 0.3 is 0 Å². The first-order chi connectivity index (χ1) is 14.8. The van der Waals surface area contributed by atoms with Crippen molar-refractivity contribution in [1.82, 2.24) is 14.8 Å². The van der Waals surface area contributed by atoms with E-state index in [1.807, 2.05) is 6.07 Å². The van der Waals surface area contributed by atoms with Gasteiger partial charge in [0.25, 0.3) is 0 Å². The predicted molar refractivity (Wildman–Crippen MR) is 120 cm³/mol. The number of nitrogens with zero attached hydrogens (tertiary/aromatic N) is 3. The minimum atomic E-state index is -3.31. The standard InChI is InChI=1S/C21H17BClN3O4S/c1-29-12-26-20-16(21(22)25-26)10-13(19-17(23)4-3-9-24-19)11-18(20)30-14-5-7-15(8-6-14)31(2,27)28/h3-11H,12H2,1-2H3. The van der Waals surface area contributed by atoms with Crippen LogP contribution in [0.2, 0.25) is 5.02 Å². The Morgan fingerprint density at radius 2 is 1.90 bits per heavy atom. The molecule has 31 heavy (non-hydrogen) atoms. The first-order valence-corrected chi connectivity index (χ1v) is 11.4. The highest BCUT2D eigenvalue weighted by molar-refractivity contribution is 7.90. The molecule has 0 N–H and O–H groups in total. The highest BCUT2D eigenvalue weighted by Crippen LogP contribution is 2.36. The summed E-state index contributed by atoms with van der Waals surface area (Å²) in [5, 5.41) is 5.47. The molecular formula is C21H17BClN3O4S. The number of methoxy groups -OCH3 is 1. The summed E-state index contributed by atoms with van der Waals surface area (Å²) in [6.07, 6.45) is 2.80. The first kappa shape index (κ1) is 21.4. The van der Waals surface area contributed by atoms with Gasteiger partial charge < -0.3 is 9.47 Å². The summed E-state index contributed by atoms with van der Waals surface area (Å²) in [6.45, 7) is 0.167. The highest BCUT2D eigenvalue weighted by atomic mass is 35.5. The van der Waals surface area contributed by atoms with Crippen LogP contribution in [0.15, 0.2) is 59.6 Å². The molecule has 2 heterocycles. The molecule has 0 spiro atoms. The Kier molecular flexibility index (Phi) is 5.74. The van der Waals surface area contributed by atoms with Crippen molar-refractivity contribution in [2.45, 2.75) is 11.6 Å². The monoisotopic (exact) mass is 453 g/mol. The fourth-order valence-electron chi connectivity index (χ4n) is 3.21. The van der Waals surface area contributed by atoms with Crippen LogP contribution in [0.4, 0.5) is 0 Å². The summed E-state index contributed by atoms with van der Waals surface area (Å²) < 4.78 is 36.4. The fourth-order valence-corrected chi connectivity index (χ4v) is 4.07. The number of hydrogen-bond donors (Lipinski definition) is 0. The molecule has 0 fully saturated rings. The van der Waals surface area contributed by atoms with Crippen LogP contribution >= 0.6 is 11.6 Å². The van der Waals surface area contributed by atoms with Crippen LogP contribution in [0, 0.1) is 0 Å². The van der Waals surface area contributed by atoms with Gasteiger partial charge in [-0.2, -0.15) is 5.10 Å². The van der Waals surface area contributed by atoms with E-state index in [4.69, 9.17) is 28.9 Å². The number of pyridine rings is 1. The molecule has 2 aromatic heterocycles. The smallest absolute Gasteiger partial charge is 0.175 e. The molecule has 4 aromatic rings. The number of benzene rings is 2. The summed E-state index contributed by atoms with van der Waals surface area (Å²) >= 11 is 6.35. The zero-order valence-electron chi connectivity index (χ0n) is 16.7. The lowest BCUT2D eigenvalue weighted by molar-refractivity contribution is 0.124. The number of aromatic nitrogens is 3. The Balaban J connectivity index is 1.88. The molecule has 0 amide bonds. The van der Waals surface area contributed by atoms with Crippen molar-refractivity contribution in [2.75, 3.05) is 13.4 Å². The topological polar surface area (TPSA) is 83.3 Å². The SMILES string of the molecule is [B]c1nn(COC)c2c(Oc3ccc(S(C)(=O)=O)cc3)cc(-c3ncccc3Cl)cc12. The average molecular weight is 454 g/mol. The van der Waals surface area contributed by atoms with E-state index in [9.17, 15) is 8.42 Å². The van der Waals surface area contributed by atoms with E-state index in [1.54, 1.807) is 48.3 Å². The van der Waals surface area contributed by atoms with Gasteiger partial charge in [-0.3, -0.25) is 4.98 Å². The second-order valence-corrected chi connectivity index (χ2v) is 9.28. The maximum Gasteiger partial charge on any atom is 0.175 e. The summed E-state index contributed by atoms with van der Waals surface area (Å²) in [5.41, 5.74) is 2.20. The molecule has 0 saturated heterocycles. The molecule has 0 saturated carbocycles. The second kappa shape index (κ2) is 8.34. The number of rotatable bonds is 6. The van der Waals surface area contributed by atoms with Crippen LogP contribution in [0.3, 0.4) is 0 Å². The second-order valence-electron chi connectivity index (χ2n) is 6.85. The lowest BCUT2D eigenvalue weighted by Gasteiger charge is -2.13. The molecule has 0 unspecified atom stereocenters. The van der Waals surface area contributed by atoms with E-state index in [2.05, 4.69) is 10.1 Å². The van der Waals surface area contributed by atoms with E-state index in [-0.39, 0.29) is 11.6 Å². The molecule has 0 aliphatic rings. The van der Waals surface area contributed by atoms with Crippen LogP contribution in [0.5, 0.6) is 11.5 Å².